The highest BCUT2D eigenvalue weighted by atomic mass is 16.6. The van der Waals surface area contributed by atoms with Gasteiger partial charge in [-0.3, -0.25) is 14.6 Å². The van der Waals surface area contributed by atoms with Gasteiger partial charge in [-0.2, -0.15) is 0 Å². The molecule has 1 heterocycles. The number of aryl methyl sites for hydroxylation is 2. The number of carbonyl (C=O) groups is 1. The quantitative estimate of drug-likeness (QED) is 0.197. The average Bonchev–Trinajstić information content (AvgIpc) is 3.02. The summed E-state index contributed by atoms with van der Waals surface area (Å²) in [5.41, 5.74) is 7.35. The molecule has 3 N–H and O–H groups in total. The molecule has 158 valence electrons. The molecule has 0 spiro atoms. The smallest absolute Gasteiger partial charge is 0.182 e. The fourth-order valence-electron chi connectivity index (χ4n) is 3.08. The Kier molecular flexibility index (Phi) is 7.99. The highest BCUT2D eigenvalue weighted by Gasteiger charge is 2.24. The van der Waals surface area contributed by atoms with Crippen LogP contribution in [-0.2, 0) is 11.9 Å². The molecular formula is C22H32N4O3. The molecule has 2 aromatic rings. The highest BCUT2D eigenvalue weighted by Crippen LogP contribution is 2.28. The van der Waals surface area contributed by atoms with E-state index in [1.165, 1.54) is 5.56 Å². The number of aliphatic hydroxyl groups is 1. The van der Waals surface area contributed by atoms with E-state index >= 15 is 0 Å². The first kappa shape index (κ1) is 22.6. The first-order valence-corrected chi connectivity index (χ1v) is 9.88. The van der Waals surface area contributed by atoms with Crippen LogP contribution in [-0.4, -0.2) is 41.6 Å². The lowest BCUT2D eigenvalue weighted by Gasteiger charge is -2.16. The molecule has 1 aromatic carbocycles. The second kappa shape index (κ2) is 10.2. The fraction of sp³-hybridized carbons (Fsp3) is 0.455. The second-order valence-electron chi connectivity index (χ2n) is 7.21. The van der Waals surface area contributed by atoms with Crippen molar-refractivity contribution in [2.24, 2.45) is 18.0 Å². The number of hydrogen-bond donors (Lipinski definition) is 3. The molecule has 0 radical (unpaired) electrons. The zero-order valence-corrected chi connectivity index (χ0v) is 18.2. The van der Waals surface area contributed by atoms with Crippen LogP contribution in [0.25, 0.3) is 0 Å². The summed E-state index contributed by atoms with van der Waals surface area (Å²) in [5, 5.41) is 12.4. The monoisotopic (exact) mass is 400 g/mol. The van der Waals surface area contributed by atoms with Gasteiger partial charge in [0.1, 0.15) is 5.82 Å². The predicted molar refractivity (Wildman–Crippen MR) is 117 cm³/mol. The predicted octanol–water partition coefficient (Wildman–Crippen LogP) is 3.50. The number of hydroxylamine groups is 1. The van der Waals surface area contributed by atoms with Gasteiger partial charge < -0.3 is 15.0 Å². The van der Waals surface area contributed by atoms with Crippen LogP contribution in [0.2, 0.25) is 0 Å². The SMILES string of the molecule is CCC(C)C(=O)c1cc(C(=NC)NOCCO)c(Nc2ccc(C)cc2C)n1C. The minimum Gasteiger partial charge on any atom is -0.394 e. The van der Waals surface area contributed by atoms with Gasteiger partial charge >= 0.3 is 0 Å². The fourth-order valence-corrected chi connectivity index (χ4v) is 3.08. The zero-order chi connectivity index (χ0) is 21.6. The van der Waals surface area contributed by atoms with Gasteiger partial charge in [0, 0.05) is 25.7 Å². The number of ketones is 1. The van der Waals surface area contributed by atoms with Crippen LogP contribution in [0.1, 0.15) is 47.4 Å². The van der Waals surface area contributed by atoms with Crippen LogP contribution in [0.5, 0.6) is 0 Å². The lowest BCUT2D eigenvalue weighted by molar-refractivity contribution is 0.0536. The minimum absolute atomic E-state index is 0.0778. The van der Waals surface area contributed by atoms with Gasteiger partial charge in [-0.1, -0.05) is 31.5 Å². The van der Waals surface area contributed by atoms with E-state index in [-0.39, 0.29) is 24.9 Å². The summed E-state index contributed by atoms with van der Waals surface area (Å²) in [4.78, 5) is 22.5. The number of aromatic nitrogens is 1. The van der Waals surface area contributed by atoms with E-state index in [1.54, 1.807) is 7.05 Å². The Bertz CT molecular complexity index is 886. The Morgan fingerprint density at radius 2 is 2.03 bits per heavy atom. The number of amidine groups is 1. The Labute approximate surface area is 172 Å². The van der Waals surface area contributed by atoms with Crippen LogP contribution < -0.4 is 10.8 Å². The third-order valence-corrected chi connectivity index (χ3v) is 5.02. The number of carbonyl (C=O) groups excluding carboxylic acids is 1. The summed E-state index contributed by atoms with van der Waals surface area (Å²) in [6.45, 7) is 8.06. The lowest BCUT2D eigenvalue weighted by atomic mass is 10.0. The van der Waals surface area contributed by atoms with Crippen LogP contribution in [0.15, 0.2) is 29.3 Å². The van der Waals surface area contributed by atoms with Gasteiger partial charge in [-0.15, -0.1) is 0 Å². The maximum absolute atomic E-state index is 12.9. The average molecular weight is 401 g/mol. The Hall–Kier alpha value is -2.64. The summed E-state index contributed by atoms with van der Waals surface area (Å²) in [7, 11) is 3.52. The van der Waals surface area contributed by atoms with Crippen molar-refractivity contribution >= 4 is 23.1 Å². The Morgan fingerprint density at radius 1 is 1.31 bits per heavy atom. The number of nitrogens with zero attached hydrogens (tertiary/aromatic N) is 2. The molecule has 0 amide bonds. The Morgan fingerprint density at radius 3 is 2.62 bits per heavy atom. The lowest BCUT2D eigenvalue weighted by Crippen LogP contribution is -2.26. The standard InChI is InChI=1S/C22H32N4O3/c1-7-15(3)20(28)19-13-17(21(23-5)25-29-11-10-27)22(26(19)6)24-18-9-8-14(2)12-16(18)4/h8-9,12-13,15,24,27H,7,10-11H2,1-6H3,(H,23,25). The minimum atomic E-state index is -0.107. The summed E-state index contributed by atoms with van der Waals surface area (Å²) < 4.78 is 1.86. The molecule has 0 bridgehead atoms. The van der Waals surface area contributed by atoms with Crippen molar-refractivity contribution in [1.82, 2.24) is 10.0 Å². The van der Waals surface area contributed by atoms with Gasteiger partial charge in [0.25, 0.3) is 0 Å². The van der Waals surface area contributed by atoms with Gasteiger partial charge in [0.15, 0.2) is 11.6 Å². The summed E-state index contributed by atoms with van der Waals surface area (Å²) >= 11 is 0. The van der Waals surface area contributed by atoms with E-state index < -0.39 is 0 Å². The molecule has 7 nitrogen and oxygen atoms in total. The number of benzene rings is 1. The zero-order valence-electron chi connectivity index (χ0n) is 18.2. The molecule has 0 aliphatic rings. The number of anilines is 2. The van der Waals surface area contributed by atoms with Crippen molar-refractivity contribution in [3.05, 3.63) is 46.6 Å². The highest BCUT2D eigenvalue weighted by molar-refractivity contribution is 6.07. The number of aliphatic hydroxyl groups excluding tert-OH is 1. The van der Waals surface area contributed by atoms with Gasteiger partial charge in [-0.25, -0.2) is 5.48 Å². The molecule has 1 atom stereocenters. The maximum Gasteiger partial charge on any atom is 0.182 e. The van der Waals surface area contributed by atoms with Gasteiger partial charge in [0.05, 0.1) is 24.5 Å². The number of Topliss-reactive ketones (excluding diaryl/α,β-unsaturated/α-hetero) is 1. The van der Waals surface area contributed by atoms with Crippen molar-refractivity contribution in [3.63, 3.8) is 0 Å². The molecular weight excluding hydrogens is 368 g/mol. The Balaban J connectivity index is 2.53. The maximum atomic E-state index is 12.9. The van der Waals surface area contributed by atoms with E-state index in [1.807, 2.05) is 50.6 Å². The van der Waals surface area contributed by atoms with E-state index in [4.69, 9.17) is 9.94 Å². The van der Waals surface area contributed by atoms with Crippen LogP contribution in [0.4, 0.5) is 11.5 Å². The third kappa shape index (κ3) is 5.25. The molecule has 29 heavy (non-hydrogen) atoms. The topological polar surface area (TPSA) is 87.9 Å². The van der Waals surface area contributed by atoms with Crippen molar-refractivity contribution in [3.8, 4) is 0 Å². The van der Waals surface area contributed by atoms with Crippen molar-refractivity contribution in [2.45, 2.75) is 34.1 Å². The van der Waals surface area contributed by atoms with Crippen LogP contribution in [0, 0.1) is 19.8 Å². The largest absolute Gasteiger partial charge is 0.394 e. The molecule has 0 saturated carbocycles. The molecule has 0 fully saturated rings. The van der Waals surface area contributed by atoms with E-state index in [9.17, 15) is 4.79 Å². The van der Waals surface area contributed by atoms with E-state index in [0.717, 1.165) is 29.1 Å². The number of nitrogens with one attached hydrogen (secondary N) is 2. The molecule has 0 aliphatic heterocycles. The first-order valence-electron chi connectivity index (χ1n) is 9.88. The molecule has 0 saturated heterocycles. The number of hydrogen-bond acceptors (Lipinski definition) is 5. The molecule has 2 rings (SSSR count). The van der Waals surface area contributed by atoms with Crippen molar-refractivity contribution in [1.29, 1.82) is 0 Å². The molecule has 1 unspecified atom stereocenters. The summed E-state index contributed by atoms with van der Waals surface area (Å²) in [6.07, 6.45) is 0.770. The van der Waals surface area contributed by atoms with E-state index in [0.29, 0.717) is 11.5 Å². The van der Waals surface area contributed by atoms with Gasteiger partial charge in [-0.05, 0) is 38.0 Å². The third-order valence-electron chi connectivity index (χ3n) is 5.02. The van der Waals surface area contributed by atoms with E-state index in [2.05, 4.69) is 28.8 Å². The molecule has 0 aliphatic carbocycles. The molecule has 7 heteroatoms. The van der Waals surface area contributed by atoms with Gasteiger partial charge in [0.2, 0.25) is 0 Å². The molecule has 1 aromatic heterocycles. The summed E-state index contributed by atoms with van der Waals surface area (Å²) in [6, 6.07) is 8.00. The second-order valence-corrected chi connectivity index (χ2v) is 7.21. The first-order chi connectivity index (χ1) is 13.8. The van der Waals surface area contributed by atoms with Crippen molar-refractivity contribution in [2.75, 3.05) is 25.6 Å². The number of aliphatic imine (C=N–C) groups is 1. The van der Waals surface area contributed by atoms with Crippen LogP contribution >= 0.6 is 0 Å². The normalized spacial score (nSPS) is 12.7. The summed E-state index contributed by atoms with van der Waals surface area (Å²) in [5.74, 6) is 1.22. The van der Waals surface area contributed by atoms with Crippen molar-refractivity contribution < 1.29 is 14.7 Å². The van der Waals surface area contributed by atoms with Crippen LogP contribution in [0.3, 0.4) is 0 Å². The number of rotatable bonds is 9.